The average molecular weight is 1160 g/mol. The molecule has 12 aromatic carbocycles. The van der Waals surface area contributed by atoms with Gasteiger partial charge in [0.1, 0.15) is 0 Å². The Hall–Kier alpha value is -8.70. The molecule has 83 heavy (non-hydrogen) atoms. The molecule has 9 heteroatoms. The predicted octanol–water partition coefficient (Wildman–Crippen LogP) is 8.80. The van der Waals surface area contributed by atoms with Gasteiger partial charge in [-0.05, 0) is 67.8 Å². The summed E-state index contributed by atoms with van der Waals surface area (Å²) in [6.45, 7) is 4.18. The second kappa shape index (κ2) is 24.8. The fraction of sp³-hybridized carbons (Fsp3) is 0. The van der Waals surface area contributed by atoms with Crippen LogP contribution in [-0.2, 0) is 16.5 Å². The molecule has 4 nitrogen and oxygen atoms in total. The second-order valence-corrected chi connectivity index (χ2v) is 37.1. The molecule has 0 aliphatic heterocycles. The minimum atomic E-state index is -4.47. The van der Waals surface area contributed by atoms with E-state index in [9.17, 15) is 8.23 Å². The van der Waals surface area contributed by atoms with Gasteiger partial charge in [-0.15, -0.1) is 0 Å². The highest BCUT2D eigenvalue weighted by molar-refractivity contribution is 7.18. The van der Waals surface area contributed by atoms with Crippen molar-refractivity contribution in [2.24, 2.45) is 0 Å². The van der Waals surface area contributed by atoms with E-state index in [0.29, 0.717) is 0 Å². The van der Waals surface area contributed by atoms with Crippen molar-refractivity contribution in [1.29, 1.82) is 0 Å². The molecule has 0 heterocycles. The number of hydrogen-bond donors (Lipinski definition) is 0. The molecule has 12 aromatic rings. The number of hydrogen-bond acceptors (Lipinski definition) is 4. The lowest BCUT2D eigenvalue weighted by Crippen LogP contribution is -2.85. The first-order valence-corrected chi connectivity index (χ1v) is 37.4. The zero-order valence-electron chi connectivity index (χ0n) is 46.0. The molecule has 402 valence electrons. The molecule has 0 bridgehead atoms. The summed E-state index contributed by atoms with van der Waals surface area (Å²) in [6, 6.07) is 127. The third-order valence-electron chi connectivity index (χ3n) is 15.5. The first-order valence-electron chi connectivity index (χ1n) is 28.2. The molecule has 0 amide bonds. The highest BCUT2D eigenvalue weighted by atomic mass is 28.5. The quantitative estimate of drug-likeness (QED) is 0.0533. The van der Waals surface area contributed by atoms with Gasteiger partial charge in [-0.25, -0.2) is 0 Å². The van der Waals surface area contributed by atoms with Crippen molar-refractivity contribution in [3.8, 4) is 0 Å². The van der Waals surface area contributed by atoms with E-state index in [4.69, 9.17) is 8.23 Å². The molecule has 0 aliphatic rings. The van der Waals surface area contributed by atoms with Gasteiger partial charge >= 0.3 is 25.7 Å². The van der Waals surface area contributed by atoms with E-state index in [2.05, 4.69) is 364 Å². The molecule has 0 aromatic heterocycles. The average Bonchev–Trinajstić information content (AvgIpc) is 1.45. The van der Waals surface area contributed by atoms with Crippen molar-refractivity contribution in [1.82, 2.24) is 0 Å². The standard InChI is InChI=1S/C74H62O4Si5/c1-2-62-58-60-68(61-59-62)80(66-42-20-6-21-43-66,67-44-22-7-23-45-67)76-82(71-50-28-10-29-51-71,72-52-30-11-31-53-72)78-83(73-54-32-12-33-55-73,74-56-34-13-35-57-74)77-81(69-46-24-8-25-47-69,70-48-26-9-27-49-70)75-79(63-36-14-3-15-37-63,64-38-16-4-17-39-64)65-40-18-5-19-41-65/h2-61H,1H2. The van der Waals surface area contributed by atoms with Gasteiger partial charge in [0.15, 0.2) is 0 Å². The van der Waals surface area contributed by atoms with Crippen LogP contribution in [0.5, 0.6) is 0 Å². The molecule has 0 radical (unpaired) electrons. The molecule has 0 N–H and O–H groups in total. The van der Waals surface area contributed by atoms with E-state index in [1.165, 1.54) is 0 Å². The Bertz CT molecular complexity index is 3700. The van der Waals surface area contributed by atoms with Crippen molar-refractivity contribution in [3.05, 3.63) is 370 Å². The van der Waals surface area contributed by atoms with Crippen LogP contribution in [0.25, 0.3) is 6.08 Å². The molecule has 0 fully saturated rings. The van der Waals surface area contributed by atoms with Crippen LogP contribution in [-0.4, -0.2) is 42.3 Å². The van der Waals surface area contributed by atoms with Crippen LogP contribution >= 0.6 is 0 Å². The van der Waals surface area contributed by atoms with Gasteiger partial charge in [-0.2, -0.15) is 0 Å². The maximum absolute atomic E-state index is 9.19. The monoisotopic (exact) mass is 1150 g/mol. The van der Waals surface area contributed by atoms with E-state index in [0.717, 1.165) is 67.8 Å². The Balaban J connectivity index is 1.25. The van der Waals surface area contributed by atoms with E-state index in [-0.39, 0.29) is 0 Å². The van der Waals surface area contributed by atoms with Crippen LogP contribution in [0.1, 0.15) is 5.56 Å². The van der Waals surface area contributed by atoms with Crippen LogP contribution in [0.2, 0.25) is 0 Å². The fourth-order valence-electron chi connectivity index (χ4n) is 11.6. The van der Waals surface area contributed by atoms with Crippen LogP contribution in [0.3, 0.4) is 0 Å². The van der Waals surface area contributed by atoms with E-state index >= 15 is 0 Å². The first kappa shape index (κ1) is 54.9. The molecule has 12 rings (SSSR count). The Morgan fingerprint density at radius 3 is 0.518 bits per heavy atom. The summed E-state index contributed by atoms with van der Waals surface area (Å²) in [7, 11) is -20.6. The highest BCUT2D eigenvalue weighted by Crippen LogP contribution is 2.30. The fourth-order valence-corrected chi connectivity index (χ4v) is 39.2. The van der Waals surface area contributed by atoms with Crippen molar-refractivity contribution < 1.29 is 16.5 Å². The summed E-state index contributed by atoms with van der Waals surface area (Å²) in [4.78, 5) is 0. The number of rotatable bonds is 21. The Morgan fingerprint density at radius 2 is 0.337 bits per heavy atom. The highest BCUT2D eigenvalue weighted by Gasteiger charge is 2.64. The van der Waals surface area contributed by atoms with Gasteiger partial charge in [0.25, 0.3) is 16.6 Å². The zero-order valence-corrected chi connectivity index (χ0v) is 51.0. The SMILES string of the molecule is C=Cc1ccc([Si](O[Si](O[Si](O[Si](O[Si](c2ccccc2)(c2ccccc2)c2ccccc2)(c2ccccc2)c2ccccc2)(c2ccccc2)c2ccccc2)(c2ccccc2)c2ccccc2)(c2ccccc2)c2ccccc2)cc1. The third-order valence-corrected chi connectivity index (χ3v) is 38.3. The van der Waals surface area contributed by atoms with E-state index < -0.39 is 42.3 Å². The molecule has 0 aliphatic carbocycles. The summed E-state index contributed by atoms with van der Waals surface area (Å²) < 4.78 is 36.4. The molecule has 0 saturated heterocycles. The Labute approximate surface area is 493 Å². The van der Waals surface area contributed by atoms with E-state index in [1.54, 1.807) is 0 Å². The second-order valence-electron chi connectivity index (χ2n) is 20.5. The van der Waals surface area contributed by atoms with Crippen LogP contribution in [0.4, 0.5) is 0 Å². The minimum absolute atomic E-state index is 0.902. The molecule has 0 spiro atoms. The minimum Gasteiger partial charge on any atom is -0.419 e. The third kappa shape index (κ3) is 10.6. The predicted molar refractivity (Wildman–Crippen MR) is 356 cm³/mol. The Kier molecular flexibility index (Phi) is 16.4. The van der Waals surface area contributed by atoms with Gasteiger partial charge in [0, 0.05) is 0 Å². The van der Waals surface area contributed by atoms with Crippen LogP contribution in [0, 0.1) is 0 Å². The molecule has 0 atom stereocenters. The maximum Gasteiger partial charge on any atom is 0.390 e. The molecular formula is C74H62O4Si5. The van der Waals surface area contributed by atoms with Crippen molar-refractivity contribution in [3.63, 3.8) is 0 Å². The normalized spacial score (nSPS) is 12.1. The van der Waals surface area contributed by atoms with Crippen molar-refractivity contribution in [2.75, 3.05) is 0 Å². The lowest BCUT2D eigenvalue weighted by Gasteiger charge is -2.50. The first-order chi connectivity index (χ1) is 41.0. The van der Waals surface area contributed by atoms with Crippen LogP contribution in [0.15, 0.2) is 364 Å². The molecule has 0 unspecified atom stereocenters. The molecule has 0 saturated carbocycles. The maximum atomic E-state index is 9.19. The summed E-state index contributed by atoms with van der Waals surface area (Å²) in [5.41, 5.74) is 1.01. The van der Waals surface area contributed by atoms with Gasteiger partial charge in [0.2, 0.25) is 0 Å². The van der Waals surface area contributed by atoms with Crippen molar-refractivity contribution in [2.45, 2.75) is 0 Å². The lowest BCUT2D eigenvalue weighted by molar-refractivity contribution is 0.330. The van der Waals surface area contributed by atoms with Gasteiger partial charge in [-0.1, -0.05) is 371 Å². The summed E-state index contributed by atoms with van der Waals surface area (Å²) in [6.07, 6.45) is 1.90. The molecular weight excluding hydrogens is 1090 g/mol. The van der Waals surface area contributed by atoms with E-state index in [1.807, 2.05) is 6.08 Å². The van der Waals surface area contributed by atoms with Gasteiger partial charge < -0.3 is 16.5 Å². The summed E-state index contributed by atoms with van der Waals surface area (Å²) in [5, 5.41) is 12.0. The Morgan fingerprint density at radius 1 is 0.181 bits per heavy atom. The van der Waals surface area contributed by atoms with Gasteiger partial charge in [0.05, 0.1) is 0 Å². The number of benzene rings is 12. The smallest absolute Gasteiger partial charge is 0.390 e. The van der Waals surface area contributed by atoms with Crippen LogP contribution < -0.4 is 62.2 Å². The summed E-state index contributed by atoms with van der Waals surface area (Å²) >= 11 is 0. The van der Waals surface area contributed by atoms with Gasteiger partial charge in [-0.3, -0.25) is 0 Å². The largest absolute Gasteiger partial charge is 0.419 e. The summed E-state index contributed by atoms with van der Waals surface area (Å²) in [5.74, 6) is 0. The van der Waals surface area contributed by atoms with Crippen molar-refractivity contribution >= 4 is 111 Å². The topological polar surface area (TPSA) is 36.9 Å². The lowest BCUT2D eigenvalue weighted by atomic mass is 10.2. The zero-order chi connectivity index (χ0) is 56.3.